The van der Waals surface area contributed by atoms with Gasteiger partial charge < -0.3 is 13.7 Å². The number of ketones is 2. The molecule has 4 rings (SSSR count). The minimum Gasteiger partial charge on any atom is -0.470 e. The second-order valence-electron chi connectivity index (χ2n) is 11.2. The number of benzene rings is 1. The lowest BCUT2D eigenvalue weighted by Crippen LogP contribution is -2.66. The minimum absolute atomic E-state index is 0.0925. The number of rotatable bonds is 8. The smallest absolute Gasteiger partial charge is 0.265 e. The van der Waals surface area contributed by atoms with Crippen molar-refractivity contribution in [2.45, 2.75) is 63.6 Å². The van der Waals surface area contributed by atoms with Crippen molar-refractivity contribution in [3.05, 3.63) is 72.0 Å². The van der Waals surface area contributed by atoms with Crippen LogP contribution in [-0.2, 0) is 15.8 Å². The summed E-state index contributed by atoms with van der Waals surface area (Å²) in [6, 6.07) is 9.21. The molecule has 0 radical (unpaired) electrons. The van der Waals surface area contributed by atoms with E-state index in [4.69, 9.17) is 13.7 Å². The highest BCUT2D eigenvalue weighted by Crippen LogP contribution is 2.54. The van der Waals surface area contributed by atoms with Crippen molar-refractivity contribution in [2.75, 3.05) is 13.6 Å². The van der Waals surface area contributed by atoms with E-state index in [1.807, 2.05) is 48.4 Å². The largest absolute Gasteiger partial charge is 0.470 e. The summed E-state index contributed by atoms with van der Waals surface area (Å²) in [5.74, 6) is -0.713. The predicted molar refractivity (Wildman–Crippen MR) is 140 cm³/mol. The van der Waals surface area contributed by atoms with E-state index in [0.717, 1.165) is 5.56 Å². The molecule has 1 aromatic heterocycles. The molecule has 192 valence electrons. The van der Waals surface area contributed by atoms with Crippen LogP contribution in [0.4, 0.5) is 0 Å². The zero-order valence-electron chi connectivity index (χ0n) is 22.0. The van der Waals surface area contributed by atoms with E-state index in [1.54, 1.807) is 6.08 Å². The standard InChI is InChI=1S/C28H36N2O5Si/c1-8-17-30(5)23-20-15-12-16-21(31)28(20,35-36(6,7)27(2,3)4)25(32)22-24(23)34-29-26(22)33-18-19-13-10-9-11-14-19/h8-14,16,20,23H,1,15,17-18H2,2-7H3/t20?,23-,28-/m0/s1. The zero-order valence-corrected chi connectivity index (χ0v) is 23.0. The summed E-state index contributed by atoms with van der Waals surface area (Å²) in [6.07, 6.45) is 5.61. The van der Waals surface area contributed by atoms with Gasteiger partial charge in [-0.15, -0.1) is 6.58 Å². The second-order valence-corrected chi connectivity index (χ2v) is 15.9. The Hall–Kier alpha value is -2.81. The van der Waals surface area contributed by atoms with E-state index in [9.17, 15) is 9.59 Å². The Labute approximate surface area is 214 Å². The summed E-state index contributed by atoms with van der Waals surface area (Å²) >= 11 is 0. The number of aromatic nitrogens is 1. The summed E-state index contributed by atoms with van der Waals surface area (Å²) in [5, 5.41) is 3.96. The normalized spacial score (nSPS) is 24.0. The van der Waals surface area contributed by atoms with Crippen LogP contribution in [0.5, 0.6) is 5.88 Å². The van der Waals surface area contributed by atoms with Crippen molar-refractivity contribution in [2.24, 2.45) is 5.92 Å². The van der Waals surface area contributed by atoms with E-state index >= 15 is 0 Å². The molecule has 36 heavy (non-hydrogen) atoms. The average Bonchev–Trinajstić information content (AvgIpc) is 3.23. The van der Waals surface area contributed by atoms with E-state index in [-0.39, 0.29) is 28.9 Å². The summed E-state index contributed by atoms with van der Waals surface area (Å²) in [4.78, 5) is 30.2. The molecule has 0 saturated heterocycles. The van der Waals surface area contributed by atoms with Crippen molar-refractivity contribution in [1.29, 1.82) is 0 Å². The number of likely N-dealkylation sites (N-methyl/N-ethyl adjacent to an activating group) is 1. The second kappa shape index (κ2) is 9.57. The Balaban J connectivity index is 1.87. The van der Waals surface area contributed by atoms with Gasteiger partial charge in [-0.1, -0.05) is 63.3 Å². The lowest BCUT2D eigenvalue weighted by atomic mass is 9.65. The first-order chi connectivity index (χ1) is 16.9. The fourth-order valence-corrected chi connectivity index (χ4v) is 6.32. The molecule has 0 amide bonds. The Bertz CT molecular complexity index is 1180. The van der Waals surface area contributed by atoms with Gasteiger partial charge in [0.2, 0.25) is 5.78 Å². The molecule has 2 aliphatic carbocycles. The van der Waals surface area contributed by atoms with E-state index in [1.165, 1.54) is 6.08 Å². The maximum absolute atomic E-state index is 14.4. The molecule has 0 saturated carbocycles. The predicted octanol–water partition coefficient (Wildman–Crippen LogP) is 5.51. The first kappa shape index (κ1) is 26.3. The van der Waals surface area contributed by atoms with Gasteiger partial charge in [0.05, 0.1) is 6.04 Å². The molecular formula is C28H36N2O5Si. The van der Waals surface area contributed by atoms with Crippen LogP contribution >= 0.6 is 0 Å². The molecule has 0 bridgehead atoms. The molecule has 3 atom stereocenters. The monoisotopic (exact) mass is 508 g/mol. The first-order valence-corrected chi connectivity index (χ1v) is 15.3. The zero-order chi connectivity index (χ0) is 26.3. The third-order valence-corrected chi connectivity index (χ3v) is 12.2. The van der Waals surface area contributed by atoms with Crippen LogP contribution in [-0.4, -0.2) is 49.1 Å². The molecule has 1 heterocycles. The third kappa shape index (κ3) is 4.31. The summed E-state index contributed by atoms with van der Waals surface area (Å²) in [7, 11) is -0.642. The summed E-state index contributed by atoms with van der Waals surface area (Å²) in [5.41, 5.74) is -0.536. The van der Waals surface area contributed by atoms with Crippen LogP contribution in [0.25, 0.3) is 0 Å². The van der Waals surface area contributed by atoms with Crippen LogP contribution < -0.4 is 4.74 Å². The lowest BCUT2D eigenvalue weighted by Gasteiger charge is -2.52. The Morgan fingerprint density at radius 3 is 2.58 bits per heavy atom. The molecular weight excluding hydrogens is 472 g/mol. The maximum atomic E-state index is 14.4. The quantitative estimate of drug-likeness (QED) is 0.264. The van der Waals surface area contributed by atoms with E-state index in [2.05, 4.69) is 45.6 Å². The van der Waals surface area contributed by atoms with Gasteiger partial charge in [-0.25, -0.2) is 0 Å². The molecule has 2 aromatic rings. The van der Waals surface area contributed by atoms with Gasteiger partial charge in [0.15, 0.2) is 25.5 Å². The fraction of sp³-hybridized carbons (Fsp3) is 0.464. The van der Waals surface area contributed by atoms with Crippen molar-refractivity contribution < 1.29 is 23.3 Å². The van der Waals surface area contributed by atoms with Crippen LogP contribution in [0.3, 0.4) is 0 Å². The number of hydrogen-bond donors (Lipinski definition) is 0. The van der Waals surface area contributed by atoms with E-state index < -0.39 is 31.7 Å². The molecule has 0 N–H and O–H groups in total. The maximum Gasteiger partial charge on any atom is 0.265 e. The first-order valence-electron chi connectivity index (χ1n) is 12.4. The van der Waals surface area contributed by atoms with Crippen LogP contribution in [0.1, 0.15) is 54.9 Å². The third-order valence-electron chi connectivity index (χ3n) is 7.78. The van der Waals surface area contributed by atoms with Crippen molar-refractivity contribution in [1.82, 2.24) is 10.1 Å². The number of fused-ring (bicyclic) bond motifs is 2. The molecule has 1 aromatic carbocycles. The topological polar surface area (TPSA) is 81.9 Å². The van der Waals surface area contributed by atoms with Gasteiger partial charge in [0.1, 0.15) is 12.2 Å². The highest BCUT2D eigenvalue weighted by Gasteiger charge is 2.65. The van der Waals surface area contributed by atoms with Gasteiger partial charge in [0, 0.05) is 12.5 Å². The molecule has 0 fully saturated rings. The Kier molecular flexibility index (Phi) is 6.98. The SMILES string of the molecule is C=CCN(C)[C@@H]1c2onc(OCc3ccccc3)c2C(=O)[C@@]2(O[Si](C)(C)C(C)(C)C)C(=O)C=CCC12. The number of nitrogens with zero attached hydrogens (tertiary/aromatic N) is 2. The molecule has 7 nitrogen and oxygen atoms in total. The molecule has 0 aliphatic heterocycles. The van der Waals surface area contributed by atoms with Gasteiger partial charge in [0.25, 0.3) is 5.88 Å². The number of hydrogen-bond acceptors (Lipinski definition) is 7. The average molecular weight is 509 g/mol. The Morgan fingerprint density at radius 2 is 1.94 bits per heavy atom. The number of carbonyl (C=O) groups is 2. The van der Waals surface area contributed by atoms with Crippen LogP contribution in [0, 0.1) is 5.92 Å². The number of Topliss-reactive ketones (excluding diaryl/α,β-unsaturated/α-hetero) is 1. The van der Waals surface area contributed by atoms with Gasteiger partial charge in [-0.3, -0.25) is 14.5 Å². The van der Waals surface area contributed by atoms with Crippen LogP contribution in [0.2, 0.25) is 18.1 Å². The highest BCUT2D eigenvalue weighted by atomic mass is 28.4. The van der Waals surface area contributed by atoms with Gasteiger partial charge in [-0.2, -0.15) is 0 Å². The minimum atomic E-state index is -2.57. The number of allylic oxidation sites excluding steroid dienone is 1. The van der Waals surface area contributed by atoms with Crippen molar-refractivity contribution in [3.8, 4) is 5.88 Å². The lowest BCUT2D eigenvalue weighted by molar-refractivity contribution is -0.135. The molecule has 0 spiro atoms. The van der Waals surface area contributed by atoms with Crippen molar-refractivity contribution >= 4 is 19.9 Å². The Morgan fingerprint density at radius 1 is 1.25 bits per heavy atom. The molecule has 8 heteroatoms. The van der Waals surface area contributed by atoms with E-state index in [0.29, 0.717) is 18.7 Å². The summed E-state index contributed by atoms with van der Waals surface area (Å²) < 4.78 is 18.7. The van der Waals surface area contributed by atoms with Gasteiger partial charge in [-0.05, 0) is 48.4 Å². The molecule has 2 aliphatic rings. The van der Waals surface area contributed by atoms with Gasteiger partial charge >= 0.3 is 0 Å². The number of carbonyl (C=O) groups excluding carboxylic acids is 2. The number of ether oxygens (including phenoxy) is 1. The van der Waals surface area contributed by atoms with Crippen molar-refractivity contribution in [3.63, 3.8) is 0 Å². The molecule has 1 unspecified atom stereocenters. The highest BCUT2D eigenvalue weighted by molar-refractivity contribution is 6.74. The van der Waals surface area contributed by atoms with Crippen LogP contribution in [0.15, 0.2) is 59.7 Å². The summed E-state index contributed by atoms with van der Waals surface area (Å²) in [6.45, 7) is 15.1. The fourth-order valence-electron chi connectivity index (χ4n) is 4.87.